The number of benzene rings is 1. The predicted molar refractivity (Wildman–Crippen MR) is 77.0 cm³/mol. The molecule has 0 aliphatic carbocycles. The quantitative estimate of drug-likeness (QED) is 0.841. The first-order valence-corrected chi connectivity index (χ1v) is 6.93. The molecule has 2 N–H and O–H groups in total. The maximum absolute atomic E-state index is 13.7. The monoisotopic (exact) mass is 299 g/mol. The highest BCUT2D eigenvalue weighted by molar-refractivity contribution is 5.93. The number of rotatable bonds is 3. The summed E-state index contributed by atoms with van der Waals surface area (Å²) in [6.45, 7) is 1.15. The van der Waals surface area contributed by atoms with Crippen LogP contribution in [0.1, 0.15) is 16.9 Å². The van der Waals surface area contributed by atoms with E-state index in [4.69, 9.17) is 5.26 Å². The number of hydrogen-bond acceptors (Lipinski definition) is 4. The largest absolute Gasteiger partial charge is 0.346 e. The zero-order valence-electron chi connectivity index (χ0n) is 11.7. The Morgan fingerprint density at radius 1 is 1.50 bits per heavy atom. The molecule has 0 spiro atoms. The first-order chi connectivity index (χ1) is 10.7. The van der Waals surface area contributed by atoms with E-state index in [1.807, 2.05) is 0 Å². The van der Waals surface area contributed by atoms with Gasteiger partial charge in [0.15, 0.2) is 11.9 Å². The molecule has 1 fully saturated rings. The third-order valence-corrected chi connectivity index (χ3v) is 3.64. The lowest BCUT2D eigenvalue weighted by Gasteiger charge is -2.10. The summed E-state index contributed by atoms with van der Waals surface area (Å²) in [7, 11) is 0. The zero-order chi connectivity index (χ0) is 15.5. The summed E-state index contributed by atoms with van der Waals surface area (Å²) in [5.41, 5.74) is 1.02. The molecule has 0 saturated carbocycles. The Morgan fingerprint density at radius 2 is 2.32 bits per heavy atom. The molecule has 1 saturated heterocycles. The van der Waals surface area contributed by atoms with Crippen LogP contribution in [-0.4, -0.2) is 40.1 Å². The van der Waals surface area contributed by atoms with Crippen LogP contribution in [0.25, 0.3) is 11.3 Å². The van der Waals surface area contributed by atoms with Crippen molar-refractivity contribution in [3.8, 4) is 17.5 Å². The zero-order valence-corrected chi connectivity index (χ0v) is 11.7. The lowest BCUT2D eigenvalue weighted by molar-refractivity contribution is 0.0933. The van der Waals surface area contributed by atoms with E-state index in [-0.39, 0.29) is 23.5 Å². The van der Waals surface area contributed by atoms with Crippen LogP contribution < -0.4 is 5.32 Å². The normalized spacial score (nSPS) is 17.3. The molecule has 1 unspecified atom stereocenters. The van der Waals surface area contributed by atoms with Gasteiger partial charge in [-0.15, -0.1) is 0 Å². The van der Waals surface area contributed by atoms with Crippen molar-refractivity contribution in [1.29, 1.82) is 5.26 Å². The van der Waals surface area contributed by atoms with Crippen LogP contribution >= 0.6 is 0 Å². The van der Waals surface area contributed by atoms with Crippen molar-refractivity contribution in [3.63, 3.8) is 0 Å². The molecule has 22 heavy (non-hydrogen) atoms. The highest BCUT2D eigenvalue weighted by Crippen LogP contribution is 2.21. The minimum absolute atomic E-state index is 0.0687. The Morgan fingerprint density at radius 3 is 3.05 bits per heavy atom. The standard InChI is InChI=1S/C15H14FN5O/c16-12-4-2-1-3-11(12)13-7-14(20-19-13)15(22)18-10-5-6-21(8-10)9-17/h1-4,7,10H,5-6,8H2,(H,18,22)(H,19,20). The van der Waals surface area contributed by atoms with Crippen LogP contribution in [0, 0.1) is 17.3 Å². The van der Waals surface area contributed by atoms with Crippen molar-refractivity contribution in [3.05, 3.63) is 41.8 Å². The second-order valence-corrected chi connectivity index (χ2v) is 5.15. The van der Waals surface area contributed by atoms with Gasteiger partial charge in [0.05, 0.1) is 5.69 Å². The van der Waals surface area contributed by atoms with Crippen molar-refractivity contribution in [1.82, 2.24) is 20.4 Å². The number of hydrogen-bond donors (Lipinski definition) is 2. The Balaban J connectivity index is 1.70. The lowest BCUT2D eigenvalue weighted by atomic mass is 10.1. The molecule has 1 aromatic heterocycles. The van der Waals surface area contributed by atoms with Crippen LogP contribution in [0.3, 0.4) is 0 Å². The number of likely N-dealkylation sites (tertiary alicyclic amines) is 1. The Labute approximate surface area is 126 Å². The average molecular weight is 299 g/mol. The highest BCUT2D eigenvalue weighted by Gasteiger charge is 2.24. The van der Waals surface area contributed by atoms with Crippen molar-refractivity contribution in [2.45, 2.75) is 12.5 Å². The van der Waals surface area contributed by atoms with Crippen LogP contribution in [0.4, 0.5) is 4.39 Å². The van der Waals surface area contributed by atoms with Gasteiger partial charge < -0.3 is 10.2 Å². The molecule has 1 amide bonds. The third kappa shape index (κ3) is 2.76. The Hall–Kier alpha value is -2.88. The van der Waals surface area contributed by atoms with Crippen molar-refractivity contribution < 1.29 is 9.18 Å². The summed E-state index contributed by atoms with van der Waals surface area (Å²) in [6.07, 6.45) is 2.78. The number of carbonyl (C=O) groups is 1. The van der Waals surface area contributed by atoms with Gasteiger partial charge in [-0.2, -0.15) is 10.4 Å². The third-order valence-electron chi connectivity index (χ3n) is 3.64. The average Bonchev–Trinajstić information content (AvgIpc) is 3.16. The molecule has 1 aromatic carbocycles. The first-order valence-electron chi connectivity index (χ1n) is 6.93. The molecule has 1 aliphatic rings. The molecular formula is C15H14FN5O. The Bertz CT molecular complexity index is 736. The van der Waals surface area contributed by atoms with E-state index in [1.165, 1.54) is 12.1 Å². The summed E-state index contributed by atoms with van der Waals surface area (Å²) >= 11 is 0. The summed E-state index contributed by atoms with van der Waals surface area (Å²) in [5, 5.41) is 18.2. The maximum atomic E-state index is 13.7. The van der Waals surface area contributed by atoms with E-state index in [0.717, 1.165) is 6.42 Å². The van der Waals surface area contributed by atoms with E-state index in [0.29, 0.717) is 24.3 Å². The van der Waals surface area contributed by atoms with E-state index >= 15 is 0 Å². The molecule has 6 nitrogen and oxygen atoms in total. The van der Waals surface area contributed by atoms with Crippen molar-refractivity contribution >= 4 is 5.91 Å². The molecule has 0 bridgehead atoms. The SMILES string of the molecule is N#CN1CCC(NC(=O)c2cc(-c3ccccc3F)[nH]n2)C1. The number of H-pyrrole nitrogens is 1. The number of nitrogens with zero attached hydrogens (tertiary/aromatic N) is 3. The van der Waals surface area contributed by atoms with Gasteiger partial charge in [0.25, 0.3) is 5.91 Å². The summed E-state index contributed by atoms with van der Waals surface area (Å²) in [4.78, 5) is 13.7. The van der Waals surface area contributed by atoms with Gasteiger partial charge in [-0.3, -0.25) is 9.89 Å². The fourth-order valence-corrected chi connectivity index (χ4v) is 2.48. The van der Waals surface area contributed by atoms with Crippen molar-refractivity contribution in [2.24, 2.45) is 0 Å². The van der Waals surface area contributed by atoms with E-state index in [9.17, 15) is 9.18 Å². The van der Waals surface area contributed by atoms with Gasteiger partial charge in [0.1, 0.15) is 5.82 Å². The minimum Gasteiger partial charge on any atom is -0.346 e. The number of aromatic amines is 1. The van der Waals surface area contributed by atoms with Crippen LogP contribution in [0.15, 0.2) is 30.3 Å². The molecule has 112 valence electrons. The maximum Gasteiger partial charge on any atom is 0.272 e. The molecule has 7 heteroatoms. The Kier molecular flexibility index (Phi) is 3.74. The fraction of sp³-hybridized carbons (Fsp3) is 0.267. The first kappa shape index (κ1) is 14.1. The van der Waals surface area contributed by atoms with Crippen LogP contribution in [0.2, 0.25) is 0 Å². The van der Waals surface area contributed by atoms with Gasteiger partial charge in [0.2, 0.25) is 0 Å². The number of nitriles is 1. The van der Waals surface area contributed by atoms with Gasteiger partial charge in [0, 0.05) is 24.7 Å². The number of carbonyl (C=O) groups excluding carboxylic acids is 1. The molecule has 2 aromatic rings. The summed E-state index contributed by atoms with van der Waals surface area (Å²) < 4.78 is 13.7. The molecule has 1 aliphatic heterocycles. The second-order valence-electron chi connectivity index (χ2n) is 5.15. The number of aromatic nitrogens is 2. The molecular weight excluding hydrogens is 285 g/mol. The van der Waals surface area contributed by atoms with Crippen LogP contribution in [0.5, 0.6) is 0 Å². The van der Waals surface area contributed by atoms with Crippen molar-refractivity contribution in [2.75, 3.05) is 13.1 Å². The smallest absolute Gasteiger partial charge is 0.272 e. The molecule has 2 heterocycles. The minimum atomic E-state index is -0.376. The number of halogens is 1. The van der Waals surface area contributed by atoms with E-state index < -0.39 is 0 Å². The lowest BCUT2D eigenvalue weighted by Crippen LogP contribution is -2.36. The topological polar surface area (TPSA) is 84.8 Å². The molecule has 1 atom stereocenters. The fourth-order valence-electron chi connectivity index (χ4n) is 2.48. The van der Waals surface area contributed by atoms with Gasteiger partial charge >= 0.3 is 0 Å². The summed E-state index contributed by atoms with van der Waals surface area (Å²) in [6, 6.07) is 7.74. The van der Waals surface area contributed by atoms with E-state index in [1.54, 1.807) is 23.1 Å². The number of amides is 1. The van der Waals surface area contributed by atoms with Crippen LogP contribution in [-0.2, 0) is 0 Å². The molecule has 3 rings (SSSR count). The highest BCUT2D eigenvalue weighted by atomic mass is 19.1. The van der Waals surface area contributed by atoms with Gasteiger partial charge in [-0.1, -0.05) is 12.1 Å². The second kappa shape index (κ2) is 5.85. The van der Waals surface area contributed by atoms with Gasteiger partial charge in [-0.25, -0.2) is 4.39 Å². The predicted octanol–water partition coefficient (Wildman–Crippen LogP) is 1.50. The van der Waals surface area contributed by atoms with Gasteiger partial charge in [-0.05, 0) is 24.6 Å². The summed E-state index contributed by atoms with van der Waals surface area (Å²) in [5.74, 6) is -0.706. The van der Waals surface area contributed by atoms with E-state index in [2.05, 4.69) is 21.7 Å². The number of nitrogens with one attached hydrogen (secondary N) is 2. The molecule has 0 radical (unpaired) electrons.